The van der Waals surface area contributed by atoms with Crippen molar-refractivity contribution in [3.05, 3.63) is 45.5 Å². The molecule has 0 aliphatic carbocycles. The highest BCUT2D eigenvalue weighted by atomic mass is 19.1. The number of hydrogen-bond donors (Lipinski definition) is 3. The van der Waals surface area contributed by atoms with Crippen molar-refractivity contribution in [2.75, 3.05) is 31.1 Å². The van der Waals surface area contributed by atoms with Crippen molar-refractivity contribution in [3.63, 3.8) is 0 Å². The highest BCUT2D eigenvalue weighted by Gasteiger charge is 2.32. The van der Waals surface area contributed by atoms with Gasteiger partial charge in [0.05, 0.1) is 23.0 Å². The van der Waals surface area contributed by atoms with Gasteiger partial charge in [0, 0.05) is 25.8 Å². The maximum absolute atomic E-state index is 15.2. The third-order valence-electron chi connectivity index (χ3n) is 5.56. The third-order valence-corrected chi connectivity index (χ3v) is 5.56. The summed E-state index contributed by atoms with van der Waals surface area (Å²) < 4.78 is 22.6. The van der Waals surface area contributed by atoms with Gasteiger partial charge < -0.3 is 30.2 Å². The fraction of sp³-hybridized carbons (Fsp3) is 0.400. The zero-order valence-corrected chi connectivity index (χ0v) is 15.9. The Morgan fingerprint density at radius 3 is 2.90 bits per heavy atom. The van der Waals surface area contributed by atoms with Gasteiger partial charge in [0.1, 0.15) is 17.9 Å². The molecule has 0 saturated carbocycles. The Hall–Kier alpha value is -2.91. The molecular formula is C20H22FN3O5. The number of halogens is 1. The monoisotopic (exact) mass is 403 g/mol. The van der Waals surface area contributed by atoms with Crippen molar-refractivity contribution in [3.8, 4) is 5.75 Å². The Balaban J connectivity index is 1.91. The topological polar surface area (TPSA) is 118 Å². The number of rotatable bonds is 3. The summed E-state index contributed by atoms with van der Waals surface area (Å²) >= 11 is 0. The number of pyridine rings is 1. The molecule has 0 radical (unpaired) electrons. The lowest BCUT2D eigenvalue weighted by atomic mass is 9.99. The van der Waals surface area contributed by atoms with E-state index in [0.29, 0.717) is 25.0 Å². The molecule has 4 rings (SSSR count). The van der Waals surface area contributed by atoms with Crippen LogP contribution in [0.4, 0.5) is 10.1 Å². The first kappa shape index (κ1) is 19.4. The summed E-state index contributed by atoms with van der Waals surface area (Å²) in [5, 5.41) is 19.7. The van der Waals surface area contributed by atoms with Crippen LogP contribution in [0, 0.1) is 5.82 Å². The van der Waals surface area contributed by atoms with Crippen LogP contribution in [0.25, 0.3) is 10.9 Å². The lowest BCUT2D eigenvalue weighted by Gasteiger charge is -2.37. The van der Waals surface area contributed by atoms with Crippen LogP contribution in [0.2, 0.25) is 0 Å². The number of nitrogens with two attached hydrogens (primary N) is 1. The Bertz CT molecular complexity index is 1090. The normalized spacial score (nSPS) is 22.8. The van der Waals surface area contributed by atoms with Crippen molar-refractivity contribution >= 4 is 22.6 Å². The average molecular weight is 403 g/mol. The molecule has 2 aromatic rings. The predicted molar refractivity (Wildman–Crippen MR) is 105 cm³/mol. The van der Waals surface area contributed by atoms with Crippen LogP contribution in [0.3, 0.4) is 0 Å². The summed E-state index contributed by atoms with van der Waals surface area (Å²) in [7, 11) is 0. The Morgan fingerprint density at radius 2 is 2.24 bits per heavy atom. The molecule has 0 bridgehead atoms. The quantitative estimate of drug-likeness (QED) is 0.660. The number of carboxylic acid groups (broad SMARTS) is 1. The molecule has 4 N–H and O–H groups in total. The van der Waals surface area contributed by atoms with Gasteiger partial charge in [-0.25, -0.2) is 9.18 Å². The Kier molecular flexibility index (Phi) is 4.79. The highest BCUT2D eigenvalue weighted by Crippen LogP contribution is 2.42. The number of carboxylic acids is 1. The molecule has 154 valence electrons. The van der Waals surface area contributed by atoms with Crippen LogP contribution in [-0.2, 0) is 0 Å². The minimum atomic E-state index is -1.36. The number of carbonyl (C=O) groups is 1. The van der Waals surface area contributed by atoms with E-state index in [1.165, 1.54) is 6.20 Å². The van der Waals surface area contributed by atoms with Crippen LogP contribution < -0.4 is 20.8 Å². The smallest absolute Gasteiger partial charge is 0.341 e. The first-order valence-corrected chi connectivity index (χ1v) is 9.43. The van der Waals surface area contributed by atoms with Crippen LogP contribution in [0.1, 0.15) is 29.7 Å². The lowest BCUT2D eigenvalue weighted by molar-refractivity contribution is 0.0694. The molecule has 1 aromatic carbocycles. The van der Waals surface area contributed by atoms with E-state index in [4.69, 9.17) is 10.5 Å². The standard InChI is InChI=1S/C20H22FN3O5/c1-10-9-29-19-16-12(18(26)13(20(27)28)7-24(10)16)6-14(21)17(19)23-5-3-11(2-4-22)15(25)8-23/h2,6-7,10,15,25H,3-5,8-9,22H2,1H3,(H,27,28)/b11-2-. The third kappa shape index (κ3) is 3.06. The predicted octanol–water partition coefficient (Wildman–Crippen LogP) is 1.25. The molecule has 1 aromatic heterocycles. The lowest BCUT2D eigenvalue weighted by Crippen LogP contribution is -2.41. The summed E-state index contributed by atoms with van der Waals surface area (Å²) in [5.74, 6) is -1.85. The summed E-state index contributed by atoms with van der Waals surface area (Å²) in [6.07, 6.45) is 2.80. The molecule has 1 saturated heterocycles. The molecule has 3 heterocycles. The molecule has 9 heteroatoms. The van der Waals surface area contributed by atoms with Crippen LogP contribution in [-0.4, -0.2) is 53.1 Å². The maximum atomic E-state index is 15.2. The molecule has 2 atom stereocenters. The number of ether oxygens (including phenoxy) is 1. The molecule has 1 fully saturated rings. The van der Waals surface area contributed by atoms with Crippen molar-refractivity contribution in [2.45, 2.75) is 25.5 Å². The summed E-state index contributed by atoms with van der Waals surface area (Å²) in [4.78, 5) is 25.8. The number of β-amino-alcohol motifs (C(OH)–C–C–N with tert-alkyl or cyclic N) is 1. The van der Waals surface area contributed by atoms with E-state index in [-0.39, 0.29) is 36.0 Å². The molecule has 2 unspecified atom stereocenters. The number of aliphatic hydroxyl groups excluding tert-OH is 1. The van der Waals surface area contributed by atoms with Gasteiger partial charge in [-0.05, 0) is 25.0 Å². The van der Waals surface area contributed by atoms with Crippen LogP contribution in [0.5, 0.6) is 5.75 Å². The summed E-state index contributed by atoms with van der Waals surface area (Å²) in [5.41, 5.74) is 5.73. The maximum Gasteiger partial charge on any atom is 0.341 e. The number of benzene rings is 1. The fourth-order valence-corrected chi connectivity index (χ4v) is 4.10. The molecule has 29 heavy (non-hydrogen) atoms. The zero-order valence-electron chi connectivity index (χ0n) is 15.9. The first-order valence-electron chi connectivity index (χ1n) is 9.43. The first-order chi connectivity index (χ1) is 13.8. The second kappa shape index (κ2) is 7.16. The van der Waals surface area contributed by atoms with E-state index in [2.05, 4.69) is 0 Å². The van der Waals surface area contributed by atoms with Gasteiger partial charge in [-0.15, -0.1) is 0 Å². The molecular weight excluding hydrogens is 381 g/mol. The van der Waals surface area contributed by atoms with Gasteiger partial charge in [0.2, 0.25) is 5.43 Å². The van der Waals surface area contributed by atoms with Gasteiger partial charge in [0.25, 0.3) is 0 Å². The SMILES string of the molecule is CC1COc2c(N3CC/C(=C/CN)C(O)C3)c(F)cc3c(=O)c(C(=O)O)cn1c23. The van der Waals surface area contributed by atoms with Crippen LogP contribution in [0.15, 0.2) is 28.7 Å². The van der Waals surface area contributed by atoms with E-state index < -0.39 is 28.9 Å². The van der Waals surface area contributed by atoms with Gasteiger partial charge in [-0.3, -0.25) is 4.79 Å². The van der Waals surface area contributed by atoms with E-state index in [1.54, 1.807) is 15.5 Å². The molecule has 2 aliphatic heterocycles. The molecule has 0 amide bonds. The number of aromatic carboxylic acids is 1. The summed E-state index contributed by atoms with van der Waals surface area (Å²) in [6.45, 7) is 2.97. The molecule has 2 aliphatic rings. The number of hydrogen-bond acceptors (Lipinski definition) is 6. The molecule has 8 nitrogen and oxygen atoms in total. The Morgan fingerprint density at radius 1 is 1.48 bits per heavy atom. The van der Waals surface area contributed by atoms with Gasteiger partial charge >= 0.3 is 5.97 Å². The van der Waals surface area contributed by atoms with Crippen molar-refractivity contribution in [2.24, 2.45) is 5.73 Å². The van der Waals surface area contributed by atoms with E-state index in [1.807, 2.05) is 6.92 Å². The minimum Gasteiger partial charge on any atom is -0.487 e. The summed E-state index contributed by atoms with van der Waals surface area (Å²) in [6, 6.07) is 0.839. The van der Waals surface area contributed by atoms with Crippen molar-refractivity contribution < 1.29 is 24.1 Å². The number of nitrogens with zero attached hydrogens (tertiary/aromatic N) is 2. The second-order valence-corrected chi connectivity index (χ2v) is 7.40. The number of aliphatic hydroxyl groups is 1. The van der Waals surface area contributed by atoms with Gasteiger partial charge in [0.15, 0.2) is 11.6 Å². The minimum absolute atomic E-state index is 0.0334. The van der Waals surface area contributed by atoms with Crippen LogP contribution >= 0.6 is 0 Å². The number of piperidine rings is 1. The Labute approximate surface area is 165 Å². The highest BCUT2D eigenvalue weighted by molar-refractivity contribution is 5.97. The van der Waals surface area contributed by atoms with E-state index in [9.17, 15) is 19.8 Å². The van der Waals surface area contributed by atoms with E-state index >= 15 is 4.39 Å². The number of anilines is 1. The molecule has 0 spiro atoms. The van der Waals surface area contributed by atoms with E-state index in [0.717, 1.165) is 11.6 Å². The largest absolute Gasteiger partial charge is 0.487 e. The van der Waals surface area contributed by atoms with Gasteiger partial charge in [-0.2, -0.15) is 0 Å². The van der Waals surface area contributed by atoms with Crippen molar-refractivity contribution in [1.29, 1.82) is 0 Å². The van der Waals surface area contributed by atoms with Gasteiger partial charge in [-0.1, -0.05) is 6.08 Å². The number of aromatic nitrogens is 1. The fourth-order valence-electron chi connectivity index (χ4n) is 4.10. The van der Waals surface area contributed by atoms with Crippen molar-refractivity contribution in [1.82, 2.24) is 4.57 Å². The average Bonchev–Trinajstić information content (AvgIpc) is 2.67. The second-order valence-electron chi connectivity index (χ2n) is 7.40. The zero-order chi connectivity index (χ0) is 20.9.